The van der Waals surface area contributed by atoms with Gasteiger partial charge in [-0.2, -0.15) is 0 Å². The molecule has 0 spiro atoms. The number of fused-ring (bicyclic) bond motifs is 1. The first-order valence-corrected chi connectivity index (χ1v) is 8.69. The first-order chi connectivity index (χ1) is 12.7. The van der Waals surface area contributed by atoms with E-state index in [0.717, 1.165) is 35.5 Å². The van der Waals surface area contributed by atoms with E-state index in [4.69, 9.17) is 19.2 Å². The molecule has 3 aromatic rings. The number of hydrogen-bond acceptors (Lipinski definition) is 5. The largest absolute Gasteiger partial charge is 0.493 e. The number of anilines is 1. The van der Waals surface area contributed by atoms with Gasteiger partial charge < -0.3 is 24.1 Å². The van der Waals surface area contributed by atoms with Crippen molar-refractivity contribution >= 4 is 17.0 Å². The Balaban J connectivity index is 1.89. The molecule has 0 fully saturated rings. The van der Waals surface area contributed by atoms with Crippen molar-refractivity contribution in [2.45, 2.75) is 26.4 Å². The lowest BCUT2D eigenvalue weighted by Crippen LogP contribution is -2.08. The van der Waals surface area contributed by atoms with E-state index in [2.05, 4.69) is 22.9 Å². The van der Waals surface area contributed by atoms with Gasteiger partial charge in [-0.1, -0.05) is 19.1 Å². The highest BCUT2D eigenvalue weighted by molar-refractivity contribution is 5.78. The van der Waals surface area contributed by atoms with Gasteiger partial charge in [-0.15, -0.1) is 0 Å². The molecule has 1 heterocycles. The average Bonchev–Trinajstić information content (AvgIpc) is 3.03. The molecule has 0 unspecified atom stereocenters. The van der Waals surface area contributed by atoms with E-state index >= 15 is 0 Å². The van der Waals surface area contributed by atoms with Crippen molar-refractivity contribution in [3.8, 4) is 17.2 Å². The van der Waals surface area contributed by atoms with Gasteiger partial charge in [0, 0.05) is 13.1 Å². The zero-order chi connectivity index (χ0) is 18.5. The van der Waals surface area contributed by atoms with Crippen molar-refractivity contribution in [1.29, 1.82) is 0 Å². The number of aromatic nitrogens is 2. The van der Waals surface area contributed by atoms with Crippen LogP contribution in [0, 0.1) is 0 Å². The molecule has 6 heteroatoms. The summed E-state index contributed by atoms with van der Waals surface area (Å²) in [6, 6.07) is 12.1. The second-order valence-electron chi connectivity index (χ2n) is 5.96. The molecule has 3 rings (SSSR count). The average molecular weight is 355 g/mol. The minimum absolute atomic E-state index is 0.594. The summed E-state index contributed by atoms with van der Waals surface area (Å²) in [5.74, 6) is 2.75. The van der Waals surface area contributed by atoms with E-state index in [9.17, 15) is 0 Å². The van der Waals surface area contributed by atoms with Gasteiger partial charge in [0.15, 0.2) is 11.5 Å². The maximum Gasteiger partial charge on any atom is 0.204 e. The Kier molecular flexibility index (Phi) is 5.51. The van der Waals surface area contributed by atoms with Crippen LogP contribution in [-0.2, 0) is 13.1 Å². The van der Waals surface area contributed by atoms with Gasteiger partial charge in [-0.05, 0) is 36.2 Å². The fourth-order valence-corrected chi connectivity index (χ4v) is 3.08. The number of nitrogens with one attached hydrogen (secondary N) is 1. The van der Waals surface area contributed by atoms with Gasteiger partial charge in [0.05, 0.1) is 32.4 Å². The summed E-state index contributed by atoms with van der Waals surface area (Å²) in [6.07, 6.45) is 1.04. The summed E-state index contributed by atoms with van der Waals surface area (Å²) < 4.78 is 18.5. The Morgan fingerprint density at radius 2 is 1.69 bits per heavy atom. The molecule has 1 aromatic heterocycles. The topological polar surface area (TPSA) is 57.5 Å². The highest BCUT2D eigenvalue weighted by Crippen LogP contribution is 2.38. The molecule has 0 saturated carbocycles. The van der Waals surface area contributed by atoms with E-state index in [1.54, 1.807) is 21.3 Å². The zero-order valence-electron chi connectivity index (χ0n) is 15.7. The third kappa shape index (κ3) is 3.40. The summed E-state index contributed by atoms with van der Waals surface area (Å²) in [6.45, 7) is 3.68. The molecule has 26 heavy (non-hydrogen) atoms. The van der Waals surface area contributed by atoms with E-state index in [0.29, 0.717) is 23.8 Å². The highest BCUT2D eigenvalue weighted by Gasteiger charge is 2.14. The van der Waals surface area contributed by atoms with Gasteiger partial charge in [-0.25, -0.2) is 4.98 Å². The Bertz CT molecular complexity index is 864. The SMILES string of the molecule is CCCn1c(NCc2cc(OC)c(OC)c(OC)c2)nc2ccccc21. The molecule has 0 amide bonds. The number of rotatable bonds is 8. The molecule has 0 radical (unpaired) electrons. The van der Waals surface area contributed by atoms with Crippen LogP contribution in [0.4, 0.5) is 5.95 Å². The number of benzene rings is 2. The lowest BCUT2D eigenvalue weighted by Gasteiger charge is -2.15. The molecule has 0 aliphatic heterocycles. The van der Waals surface area contributed by atoms with Gasteiger partial charge >= 0.3 is 0 Å². The molecule has 0 atom stereocenters. The summed E-state index contributed by atoms with van der Waals surface area (Å²) in [4.78, 5) is 4.73. The maximum absolute atomic E-state index is 5.43. The summed E-state index contributed by atoms with van der Waals surface area (Å²) in [5, 5.41) is 3.44. The van der Waals surface area contributed by atoms with Gasteiger partial charge in [0.25, 0.3) is 0 Å². The van der Waals surface area contributed by atoms with Crippen LogP contribution < -0.4 is 19.5 Å². The van der Waals surface area contributed by atoms with Crippen LogP contribution >= 0.6 is 0 Å². The van der Waals surface area contributed by atoms with E-state index in [1.807, 2.05) is 30.3 Å². The normalized spacial score (nSPS) is 10.8. The number of ether oxygens (including phenoxy) is 3. The minimum atomic E-state index is 0.594. The van der Waals surface area contributed by atoms with E-state index < -0.39 is 0 Å². The van der Waals surface area contributed by atoms with Crippen LogP contribution in [0.2, 0.25) is 0 Å². The van der Waals surface area contributed by atoms with Crippen LogP contribution in [0.1, 0.15) is 18.9 Å². The van der Waals surface area contributed by atoms with Crippen LogP contribution in [-0.4, -0.2) is 30.9 Å². The predicted octanol–water partition coefficient (Wildman–Crippen LogP) is 4.08. The second-order valence-corrected chi connectivity index (χ2v) is 5.96. The van der Waals surface area contributed by atoms with Crippen molar-refractivity contribution in [3.05, 3.63) is 42.0 Å². The Labute approximate surface area is 153 Å². The molecular formula is C20H25N3O3. The Hall–Kier alpha value is -2.89. The summed E-state index contributed by atoms with van der Waals surface area (Å²) in [7, 11) is 4.84. The monoisotopic (exact) mass is 355 g/mol. The number of aryl methyl sites for hydroxylation is 1. The van der Waals surface area contributed by atoms with Crippen LogP contribution in [0.25, 0.3) is 11.0 Å². The van der Waals surface area contributed by atoms with Crippen molar-refractivity contribution in [3.63, 3.8) is 0 Å². The van der Waals surface area contributed by atoms with Crippen molar-refractivity contribution in [1.82, 2.24) is 9.55 Å². The second kappa shape index (κ2) is 7.99. The van der Waals surface area contributed by atoms with Gasteiger partial charge in [0.1, 0.15) is 0 Å². The fraction of sp³-hybridized carbons (Fsp3) is 0.350. The zero-order valence-corrected chi connectivity index (χ0v) is 15.7. The van der Waals surface area contributed by atoms with Crippen molar-refractivity contribution < 1.29 is 14.2 Å². The Morgan fingerprint density at radius 1 is 1.00 bits per heavy atom. The van der Waals surface area contributed by atoms with Gasteiger partial charge in [0.2, 0.25) is 11.7 Å². The number of methoxy groups -OCH3 is 3. The number of nitrogens with zero attached hydrogens (tertiary/aromatic N) is 2. The van der Waals surface area contributed by atoms with Crippen molar-refractivity contribution in [2.75, 3.05) is 26.6 Å². The van der Waals surface area contributed by atoms with Crippen LogP contribution in [0.5, 0.6) is 17.2 Å². The number of hydrogen-bond donors (Lipinski definition) is 1. The maximum atomic E-state index is 5.43. The molecular weight excluding hydrogens is 330 g/mol. The van der Waals surface area contributed by atoms with Crippen molar-refractivity contribution in [2.24, 2.45) is 0 Å². The number of para-hydroxylation sites is 2. The summed E-state index contributed by atoms with van der Waals surface area (Å²) in [5.41, 5.74) is 3.16. The molecule has 0 aliphatic rings. The van der Waals surface area contributed by atoms with Crippen LogP contribution in [0.3, 0.4) is 0 Å². The quantitative estimate of drug-likeness (QED) is 0.660. The highest BCUT2D eigenvalue weighted by atomic mass is 16.5. The molecule has 2 aromatic carbocycles. The third-order valence-electron chi connectivity index (χ3n) is 4.28. The van der Waals surface area contributed by atoms with E-state index in [-0.39, 0.29) is 0 Å². The molecule has 1 N–H and O–H groups in total. The molecule has 0 saturated heterocycles. The molecule has 138 valence electrons. The lowest BCUT2D eigenvalue weighted by molar-refractivity contribution is 0.324. The fourth-order valence-electron chi connectivity index (χ4n) is 3.08. The predicted molar refractivity (Wildman–Crippen MR) is 103 cm³/mol. The smallest absolute Gasteiger partial charge is 0.204 e. The van der Waals surface area contributed by atoms with Gasteiger partial charge in [-0.3, -0.25) is 0 Å². The third-order valence-corrected chi connectivity index (χ3v) is 4.28. The Morgan fingerprint density at radius 3 is 2.31 bits per heavy atom. The lowest BCUT2D eigenvalue weighted by atomic mass is 10.2. The molecule has 6 nitrogen and oxygen atoms in total. The summed E-state index contributed by atoms with van der Waals surface area (Å²) >= 11 is 0. The van der Waals surface area contributed by atoms with Crippen LogP contribution in [0.15, 0.2) is 36.4 Å². The standard InChI is InChI=1S/C20H25N3O3/c1-5-10-23-16-9-7-6-8-15(16)22-20(23)21-13-14-11-17(24-2)19(26-4)18(12-14)25-3/h6-9,11-12H,5,10,13H2,1-4H3,(H,21,22). The van der Waals surface area contributed by atoms with E-state index in [1.165, 1.54) is 0 Å². The first kappa shape index (κ1) is 17.9. The number of imidazole rings is 1. The first-order valence-electron chi connectivity index (χ1n) is 8.69. The molecule has 0 bridgehead atoms. The minimum Gasteiger partial charge on any atom is -0.493 e. The molecule has 0 aliphatic carbocycles.